The molecular weight excluding hydrogens is 308 g/mol. The van der Waals surface area contributed by atoms with E-state index in [1.807, 2.05) is 35.7 Å². The van der Waals surface area contributed by atoms with Gasteiger partial charge in [0.2, 0.25) is 0 Å². The molecule has 5 heteroatoms. The van der Waals surface area contributed by atoms with Crippen molar-refractivity contribution in [3.8, 4) is 28.1 Å². The monoisotopic (exact) mass is 322 g/mol. The van der Waals surface area contributed by atoms with Gasteiger partial charge in [-0.15, -0.1) is 11.3 Å². The molecule has 114 valence electrons. The number of rotatable bonds is 5. The van der Waals surface area contributed by atoms with Gasteiger partial charge in [0, 0.05) is 10.9 Å². The average molecular weight is 322 g/mol. The molecule has 0 radical (unpaired) electrons. The topological polar surface area (TPSA) is 55.1 Å². The van der Waals surface area contributed by atoms with Gasteiger partial charge in [-0.1, -0.05) is 18.2 Å². The molecule has 0 fully saturated rings. The predicted molar refractivity (Wildman–Crippen MR) is 89.6 cm³/mol. The van der Waals surface area contributed by atoms with Gasteiger partial charge < -0.3 is 9.47 Å². The Morgan fingerprint density at radius 3 is 2.78 bits per heavy atom. The Morgan fingerprint density at radius 1 is 1.13 bits per heavy atom. The quantitative estimate of drug-likeness (QED) is 0.704. The van der Waals surface area contributed by atoms with Crippen LogP contribution in [0.3, 0.4) is 0 Å². The van der Waals surface area contributed by atoms with Crippen molar-refractivity contribution in [3.63, 3.8) is 0 Å². The molecule has 4 nitrogen and oxygen atoms in total. The first-order valence-corrected chi connectivity index (χ1v) is 7.88. The SMILES string of the molecule is COc1cccc(-c2nc(COc3cccc(C#N)c3)cs2)c1. The van der Waals surface area contributed by atoms with Gasteiger partial charge in [0.15, 0.2) is 0 Å². The minimum atomic E-state index is 0.370. The van der Waals surface area contributed by atoms with Crippen LogP contribution >= 0.6 is 11.3 Å². The van der Waals surface area contributed by atoms with E-state index < -0.39 is 0 Å². The molecule has 0 saturated carbocycles. The highest BCUT2D eigenvalue weighted by atomic mass is 32.1. The summed E-state index contributed by atoms with van der Waals surface area (Å²) in [6.45, 7) is 0.370. The lowest BCUT2D eigenvalue weighted by atomic mass is 10.2. The fraction of sp³-hybridized carbons (Fsp3) is 0.111. The maximum Gasteiger partial charge on any atom is 0.131 e. The van der Waals surface area contributed by atoms with Crippen molar-refractivity contribution in [2.45, 2.75) is 6.61 Å². The number of methoxy groups -OCH3 is 1. The third-order valence-electron chi connectivity index (χ3n) is 3.22. The Hall–Kier alpha value is -2.84. The van der Waals surface area contributed by atoms with E-state index in [-0.39, 0.29) is 0 Å². The average Bonchev–Trinajstić information content (AvgIpc) is 3.09. The first-order valence-electron chi connectivity index (χ1n) is 7.00. The van der Waals surface area contributed by atoms with Crippen LogP contribution in [0.4, 0.5) is 0 Å². The van der Waals surface area contributed by atoms with E-state index >= 15 is 0 Å². The van der Waals surface area contributed by atoms with Crippen LogP contribution < -0.4 is 9.47 Å². The molecule has 0 amide bonds. The van der Waals surface area contributed by atoms with Crippen LogP contribution in [0.2, 0.25) is 0 Å². The molecule has 3 aromatic rings. The summed E-state index contributed by atoms with van der Waals surface area (Å²) in [6, 6.07) is 17.0. The van der Waals surface area contributed by atoms with E-state index in [9.17, 15) is 0 Å². The molecule has 0 bridgehead atoms. The van der Waals surface area contributed by atoms with Crippen LogP contribution in [0.5, 0.6) is 11.5 Å². The number of hydrogen-bond donors (Lipinski definition) is 0. The molecule has 0 spiro atoms. The number of nitrogens with zero attached hydrogens (tertiary/aromatic N) is 2. The number of hydrogen-bond acceptors (Lipinski definition) is 5. The molecule has 3 rings (SSSR count). The Kier molecular flexibility index (Phi) is 4.55. The maximum absolute atomic E-state index is 8.89. The van der Waals surface area contributed by atoms with Crippen molar-refractivity contribution in [1.29, 1.82) is 5.26 Å². The van der Waals surface area contributed by atoms with Gasteiger partial charge >= 0.3 is 0 Å². The number of nitriles is 1. The fourth-order valence-corrected chi connectivity index (χ4v) is 2.88. The molecule has 0 aliphatic heterocycles. The van der Waals surface area contributed by atoms with E-state index in [0.717, 1.165) is 22.0 Å². The molecule has 0 N–H and O–H groups in total. The third-order valence-corrected chi connectivity index (χ3v) is 4.16. The first-order chi connectivity index (χ1) is 11.3. The van der Waals surface area contributed by atoms with Crippen molar-refractivity contribution in [1.82, 2.24) is 4.98 Å². The van der Waals surface area contributed by atoms with E-state index in [4.69, 9.17) is 14.7 Å². The lowest BCUT2D eigenvalue weighted by Gasteiger charge is -2.04. The largest absolute Gasteiger partial charge is 0.497 e. The fourth-order valence-electron chi connectivity index (χ4n) is 2.07. The van der Waals surface area contributed by atoms with Crippen LogP contribution in [0.15, 0.2) is 53.9 Å². The van der Waals surface area contributed by atoms with Gasteiger partial charge in [-0.3, -0.25) is 0 Å². The Balaban J connectivity index is 1.70. The van der Waals surface area contributed by atoms with Gasteiger partial charge in [0.05, 0.1) is 24.4 Å². The highest BCUT2D eigenvalue weighted by molar-refractivity contribution is 7.13. The van der Waals surface area contributed by atoms with Crippen molar-refractivity contribution >= 4 is 11.3 Å². The van der Waals surface area contributed by atoms with E-state index in [0.29, 0.717) is 17.9 Å². The zero-order valence-corrected chi connectivity index (χ0v) is 13.3. The molecule has 1 aromatic heterocycles. The minimum absolute atomic E-state index is 0.370. The zero-order valence-electron chi connectivity index (χ0n) is 12.5. The maximum atomic E-state index is 8.89. The summed E-state index contributed by atoms with van der Waals surface area (Å²) in [5.41, 5.74) is 2.46. The van der Waals surface area contributed by atoms with Crippen LogP contribution in [0.25, 0.3) is 10.6 Å². The van der Waals surface area contributed by atoms with E-state index in [1.54, 1.807) is 36.6 Å². The zero-order chi connectivity index (χ0) is 16.1. The van der Waals surface area contributed by atoms with E-state index in [1.165, 1.54) is 0 Å². The Labute approximate surface area is 138 Å². The Bertz CT molecular complexity index is 852. The van der Waals surface area contributed by atoms with Crippen molar-refractivity contribution < 1.29 is 9.47 Å². The lowest BCUT2D eigenvalue weighted by Crippen LogP contribution is -1.96. The summed E-state index contributed by atoms with van der Waals surface area (Å²) in [7, 11) is 1.65. The lowest BCUT2D eigenvalue weighted by molar-refractivity contribution is 0.302. The Morgan fingerprint density at radius 2 is 1.96 bits per heavy atom. The summed E-state index contributed by atoms with van der Waals surface area (Å²) >= 11 is 1.57. The summed E-state index contributed by atoms with van der Waals surface area (Å²) in [5.74, 6) is 1.48. The standard InChI is InChI=1S/C18H14N2O2S/c1-21-16-6-3-5-14(9-16)18-20-15(12-23-18)11-22-17-7-2-4-13(8-17)10-19/h2-9,12H,11H2,1H3. The van der Waals surface area contributed by atoms with E-state index in [2.05, 4.69) is 11.1 Å². The molecule has 2 aromatic carbocycles. The summed E-state index contributed by atoms with van der Waals surface area (Å²) < 4.78 is 10.9. The minimum Gasteiger partial charge on any atom is -0.497 e. The molecule has 0 aliphatic carbocycles. The molecule has 0 saturated heterocycles. The number of thiazole rings is 1. The molecule has 0 aliphatic rings. The van der Waals surface area contributed by atoms with Gasteiger partial charge in [0.1, 0.15) is 23.1 Å². The van der Waals surface area contributed by atoms with Crippen LogP contribution in [0, 0.1) is 11.3 Å². The second kappa shape index (κ2) is 6.95. The second-order valence-corrected chi connectivity index (χ2v) is 5.66. The van der Waals surface area contributed by atoms with Crippen LogP contribution in [-0.2, 0) is 6.61 Å². The highest BCUT2D eigenvalue weighted by Gasteiger charge is 2.07. The third kappa shape index (κ3) is 3.68. The normalized spacial score (nSPS) is 10.1. The first kappa shape index (κ1) is 15.1. The van der Waals surface area contributed by atoms with Crippen molar-refractivity contribution in [3.05, 3.63) is 65.2 Å². The van der Waals surface area contributed by atoms with Crippen LogP contribution in [-0.4, -0.2) is 12.1 Å². The summed E-state index contributed by atoms with van der Waals surface area (Å²) in [6.07, 6.45) is 0. The van der Waals surface area contributed by atoms with Crippen LogP contribution in [0.1, 0.15) is 11.3 Å². The number of benzene rings is 2. The number of aromatic nitrogens is 1. The smallest absolute Gasteiger partial charge is 0.131 e. The summed E-state index contributed by atoms with van der Waals surface area (Å²) in [4.78, 5) is 4.59. The van der Waals surface area contributed by atoms with Gasteiger partial charge in [0.25, 0.3) is 0 Å². The van der Waals surface area contributed by atoms with Gasteiger partial charge in [-0.05, 0) is 30.3 Å². The highest BCUT2D eigenvalue weighted by Crippen LogP contribution is 2.27. The molecule has 23 heavy (non-hydrogen) atoms. The second-order valence-electron chi connectivity index (χ2n) is 4.80. The predicted octanol–water partition coefficient (Wildman–Crippen LogP) is 4.27. The summed E-state index contributed by atoms with van der Waals surface area (Å²) in [5, 5.41) is 11.8. The molecule has 0 unspecified atom stereocenters. The number of ether oxygens (including phenoxy) is 2. The molecular formula is C18H14N2O2S. The van der Waals surface area contributed by atoms with Crippen molar-refractivity contribution in [2.24, 2.45) is 0 Å². The molecule has 0 atom stereocenters. The molecule has 1 heterocycles. The van der Waals surface area contributed by atoms with Gasteiger partial charge in [-0.25, -0.2) is 4.98 Å². The van der Waals surface area contributed by atoms with Crippen molar-refractivity contribution in [2.75, 3.05) is 7.11 Å². The van der Waals surface area contributed by atoms with Gasteiger partial charge in [-0.2, -0.15) is 5.26 Å².